The lowest BCUT2D eigenvalue weighted by atomic mass is 10.0. The highest BCUT2D eigenvalue weighted by molar-refractivity contribution is 5.71. The van der Waals surface area contributed by atoms with E-state index in [2.05, 4.69) is 27.7 Å². The van der Waals surface area contributed by atoms with Crippen LogP contribution in [-0.4, -0.2) is 37.2 Å². The lowest BCUT2D eigenvalue weighted by Crippen LogP contribution is -2.30. The van der Waals surface area contributed by atoms with Gasteiger partial charge in [0.1, 0.15) is 13.2 Å². The minimum Gasteiger partial charge on any atom is -0.462 e. The Balaban J connectivity index is 4.31. The second kappa shape index (κ2) is 49.4. The first-order chi connectivity index (χ1) is 29.9. The molecule has 6 nitrogen and oxygen atoms in total. The lowest BCUT2D eigenvalue weighted by Gasteiger charge is -2.18. The summed E-state index contributed by atoms with van der Waals surface area (Å²) in [4.78, 5) is 38.0. The molecule has 0 spiro atoms. The molecule has 0 bridgehead atoms. The minimum absolute atomic E-state index is 0.0623. The van der Waals surface area contributed by atoms with Crippen LogP contribution in [0.15, 0.2) is 0 Å². The molecule has 0 aliphatic heterocycles. The van der Waals surface area contributed by atoms with Gasteiger partial charge in [0.25, 0.3) is 0 Å². The van der Waals surface area contributed by atoms with Crippen molar-refractivity contribution in [1.29, 1.82) is 0 Å². The van der Waals surface area contributed by atoms with Gasteiger partial charge in [0.2, 0.25) is 0 Å². The Morgan fingerprint density at radius 3 is 0.803 bits per heavy atom. The summed E-state index contributed by atoms with van der Waals surface area (Å²) in [7, 11) is 0. The van der Waals surface area contributed by atoms with Crippen LogP contribution in [0.1, 0.15) is 310 Å². The number of hydrogen-bond acceptors (Lipinski definition) is 6. The molecule has 0 aromatic heterocycles. The van der Waals surface area contributed by atoms with E-state index in [0.717, 1.165) is 63.7 Å². The van der Waals surface area contributed by atoms with Gasteiger partial charge in [0.05, 0.1) is 0 Å². The van der Waals surface area contributed by atoms with Gasteiger partial charge in [-0.05, 0) is 25.2 Å². The fraction of sp³-hybridized carbons (Fsp3) is 0.945. The van der Waals surface area contributed by atoms with Gasteiger partial charge < -0.3 is 14.2 Å². The Kier molecular flexibility index (Phi) is 48.1. The van der Waals surface area contributed by atoms with Crippen molar-refractivity contribution in [1.82, 2.24) is 0 Å². The minimum atomic E-state index is -0.761. The fourth-order valence-electron chi connectivity index (χ4n) is 8.39. The first-order valence-corrected chi connectivity index (χ1v) is 27.4. The normalized spacial score (nSPS) is 12.0. The third-order valence-electron chi connectivity index (χ3n) is 12.5. The van der Waals surface area contributed by atoms with Crippen LogP contribution in [0.5, 0.6) is 0 Å². The van der Waals surface area contributed by atoms with Gasteiger partial charge in [-0.1, -0.05) is 272 Å². The number of unbranched alkanes of at least 4 members (excludes halogenated alkanes) is 37. The fourth-order valence-corrected chi connectivity index (χ4v) is 8.39. The Hall–Kier alpha value is -1.59. The summed E-state index contributed by atoms with van der Waals surface area (Å²) in [6.07, 6.45) is 52.3. The second-order valence-electron chi connectivity index (χ2n) is 19.3. The van der Waals surface area contributed by atoms with Crippen molar-refractivity contribution in [2.24, 2.45) is 5.92 Å². The number of carbonyl (C=O) groups excluding carboxylic acids is 3. The maximum Gasteiger partial charge on any atom is 0.306 e. The average molecular weight is 863 g/mol. The molecule has 0 N–H and O–H groups in total. The summed E-state index contributed by atoms with van der Waals surface area (Å²) in [5.41, 5.74) is 0. The summed E-state index contributed by atoms with van der Waals surface area (Å²) in [6.45, 7) is 9.03. The van der Waals surface area contributed by atoms with Gasteiger partial charge in [-0.25, -0.2) is 0 Å². The monoisotopic (exact) mass is 863 g/mol. The first kappa shape index (κ1) is 59.4. The number of rotatable bonds is 50. The van der Waals surface area contributed by atoms with Gasteiger partial charge in [0, 0.05) is 19.3 Å². The van der Waals surface area contributed by atoms with Crippen molar-refractivity contribution >= 4 is 17.9 Å². The molecule has 0 fully saturated rings. The maximum absolute atomic E-state index is 12.8. The molecule has 0 amide bonds. The van der Waals surface area contributed by atoms with Crippen LogP contribution in [0.3, 0.4) is 0 Å². The zero-order chi connectivity index (χ0) is 44.5. The van der Waals surface area contributed by atoms with Crippen LogP contribution in [0.25, 0.3) is 0 Å². The van der Waals surface area contributed by atoms with Gasteiger partial charge in [0.15, 0.2) is 6.10 Å². The van der Waals surface area contributed by atoms with Crippen molar-refractivity contribution in [2.75, 3.05) is 13.2 Å². The molecule has 0 aliphatic carbocycles. The predicted octanol–water partition coefficient (Wildman–Crippen LogP) is 17.8. The van der Waals surface area contributed by atoms with E-state index < -0.39 is 6.10 Å². The summed E-state index contributed by atoms with van der Waals surface area (Å²) in [5, 5.41) is 0. The first-order valence-electron chi connectivity index (χ1n) is 27.4. The molecular formula is C55H106O6. The third-order valence-corrected chi connectivity index (χ3v) is 12.5. The van der Waals surface area contributed by atoms with E-state index >= 15 is 0 Å². The van der Waals surface area contributed by atoms with Crippen molar-refractivity contribution in [3.63, 3.8) is 0 Å². The SMILES string of the molecule is CCCCCCCCCCCCCCCCCC(=O)OC[C@H](COC(=O)CCCCCCCCCCCCC(C)C)OC(=O)CCCCCCCCCCCCCCCCC. The van der Waals surface area contributed by atoms with Gasteiger partial charge in [-0.3, -0.25) is 14.4 Å². The average Bonchev–Trinajstić information content (AvgIpc) is 3.24. The molecule has 1 atom stereocenters. The van der Waals surface area contributed by atoms with Gasteiger partial charge >= 0.3 is 17.9 Å². The molecule has 0 aromatic rings. The van der Waals surface area contributed by atoms with Crippen molar-refractivity contribution in [3.05, 3.63) is 0 Å². The molecule has 0 saturated heterocycles. The molecule has 0 rings (SSSR count). The number of ether oxygens (including phenoxy) is 3. The zero-order valence-electron chi connectivity index (χ0n) is 41.6. The molecule has 362 valence electrons. The van der Waals surface area contributed by atoms with Crippen molar-refractivity contribution < 1.29 is 28.6 Å². The van der Waals surface area contributed by atoms with E-state index in [1.54, 1.807) is 0 Å². The molecule has 0 unspecified atom stereocenters. The van der Waals surface area contributed by atoms with E-state index in [1.807, 2.05) is 0 Å². The summed E-state index contributed by atoms with van der Waals surface area (Å²) in [6, 6.07) is 0. The lowest BCUT2D eigenvalue weighted by molar-refractivity contribution is -0.167. The third kappa shape index (κ3) is 49.3. The van der Waals surface area contributed by atoms with E-state index in [4.69, 9.17) is 14.2 Å². The Bertz CT molecular complexity index is 918. The van der Waals surface area contributed by atoms with Gasteiger partial charge in [-0.15, -0.1) is 0 Å². The molecular weight excluding hydrogens is 757 g/mol. The predicted molar refractivity (Wildman–Crippen MR) is 261 cm³/mol. The van der Waals surface area contributed by atoms with Crippen LogP contribution in [-0.2, 0) is 28.6 Å². The molecule has 0 radical (unpaired) electrons. The number of carbonyl (C=O) groups is 3. The summed E-state index contributed by atoms with van der Waals surface area (Å²) < 4.78 is 16.8. The van der Waals surface area contributed by atoms with E-state index in [-0.39, 0.29) is 31.1 Å². The Morgan fingerprint density at radius 2 is 0.541 bits per heavy atom. The highest BCUT2D eigenvalue weighted by Gasteiger charge is 2.19. The second-order valence-corrected chi connectivity index (χ2v) is 19.3. The maximum atomic E-state index is 12.8. The van der Waals surface area contributed by atoms with Crippen molar-refractivity contribution in [2.45, 2.75) is 316 Å². The van der Waals surface area contributed by atoms with Crippen LogP contribution in [0, 0.1) is 5.92 Å². The summed E-state index contributed by atoms with van der Waals surface area (Å²) in [5.74, 6) is -0.0213. The zero-order valence-corrected chi connectivity index (χ0v) is 41.6. The molecule has 0 saturated carbocycles. The van der Waals surface area contributed by atoms with E-state index in [1.165, 1.54) is 205 Å². The van der Waals surface area contributed by atoms with E-state index in [9.17, 15) is 14.4 Å². The van der Waals surface area contributed by atoms with Crippen LogP contribution < -0.4 is 0 Å². The molecule has 61 heavy (non-hydrogen) atoms. The van der Waals surface area contributed by atoms with Crippen LogP contribution in [0.4, 0.5) is 0 Å². The molecule has 0 aliphatic rings. The highest BCUT2D eigenvalue weighted by atomic mass is 16.6. The molecule has 0 heterocycles. The number of esters is 3. The molecule has 6 heteroatoms. The Morgan fingerprint density at radius 1 is 0.311 bits per heavy atom. The molecule has 0 aromatic carbocycles. The standard InChI is InChI=1S/C55H106O6/c1-5-7-9-11-13-15-17-19-21-23-25-30-34-38-42-46-53(56)59-49-52(50-60-54(57)47-43-39-35-31-28-27-29-33-37-41-45-51(3)4)61-55(58)48-44-40-36-32-26-24-22-20-18-16-14-12-10-8-6-2/h51-52H,5-50H2,1-4H3/t52-/m1/s1. The van der Waals surface area contributed by atoms with Gasteiger partial charge in [-0.2, -0.15) is 0 Å². The highest BCUT2D eigenvalue weighted by Crippen LogP contribution is 2.17. The Labute approximate surface area is 380 Å². The van der Waals surface area contributed by atoms with E-state index in [0.29, 0.717) is 19.3 Å². The summed E-state index contributed by atoms with van der Waals surface area (Å²) >= 11 is 0. The van der Waals surface area contributed by atoms with Crippen LogP contribution in [0.2, 0.25) is 0 Å². The number of hydrogen-bond donors (Lipinski definition) is 0. The quantitative estimate of drug-likeness (QED) is 0.0344. The largest absolute Gasteiger partial charge is 0.462 e. The van der Waals surface area contributed by atoms with Crippen molar-refractivity contribution in [3.8, 4) is 0 Å². The van der Waals surface area contributed by atoms with Crippen LogP contribution >= 0.6 is 0 Å². The topological polar surface area (TPSA) is 78.9 Å². The smallest absolute Gasteiger partial charge is 0.306 e.